The predicted octanol–water partition coefficient (Wildman–Crippen LogP) is 2.45. The van der Waals surface area contributed by atoms with Crippen molar-refractivity contribution in [3.8, 4) is 0 Å². The first kappa shape index (κ1) is 20.1. The van der Waals surface area contributed by atoms with Crippen molar-refractivity contribution >= 4 is 5.91 Å². The van der Waals surface area contributed by atoms with E-state index in [0.717, 1.165) is 25.5 Å². The molecule has 3 rings (SSSR count). The first-order chi connectivity index (χ1) is 12.8. The quantitative estimate of drug-likeness (QED) is 0.532. The van der Waals surface area contributed by atoms with Crippen molar-refractivity contribution in [1.82, 2.24) is 10.2 Å². The number of nitrogens with zero attached hydrogens (tertiary/aromatic N) is 1. The summed E-state index contributed by atoms with van der Waals surface area (Å²) in [6, 6.07) is 1.11. The molecule has 1 aliphatic carbocycles. The standard InChI is InChI=1S/C19H25F4N3O/c20-15-10-17(22)16(21)9-12(15)8-13(24)3-7-26-6-1-2-14(26)11-25-18(27)19(23)4-5-19/h9-10,13-14H,1-8,11,24H2,(H,25,27)/t13-,14?/m0/s1. The average Bonchev–Trinajstić information content (AvgIpc) is 3.21. The van der Waals surface area contributed by atoms with Crippen molar-refractivity contribution in [2.75, 3.05) is 19.6 Å². The maximum Gasteiger partial charge on any atom is 0.257 e. The second-order valence-corrected chi connectivity index (χ2v) is 7.62. The summed E-state index contributed by atoms with van der Waals surface area (Å²) in [5, 5.41) is 2.69. The van der Waals surface area contributed by atoms with E-state index in [-0.39, 0.29) is 18.0 Å². The fourth-order valence-corrected chi connectivity index (χ4v) is 3.56. The Labute approximate surface area is 156 Å². The van der Waals surface area contributed by atoms with Crippen molar-refractivity contribution in [2.24, 2.45) is 5.73 Å². The van der Waals surface area contributed by atoms with Crippen LogP contribution in [-0.2, 0) is 11.2 Å². The lowest BCUT2D eigenvalue weighted by atomic mass is 10.0. The van der Waals surface area contributed by atoms with Gasteiger partial charge in [-0.15, -0.1) is 0 Å². The molecule has 8 heteroatoms. The summed E-state index contributed by atoms with van der Waals surface area (Å²) in [7, 11) is 0. The van der Waals surface area contributed by atoms with Crippen molar-refractivity contribution in [2.45, 2.75) is 56.3 Å². The molecule has 2 fully saturated rings. The van der Waals surface area contributed by atoms with E-state index in [1.54, 1.807) is 0 Å². The SMILES string of the molecule is N[C@@H](CCN1CCCC1CNC(=O)C1(F)CC1)Cc1cc(F)c(F)cc1F. The van der Waals surface area contributed by atoms with Crippen LogP contribution >= 0.6 is 0 Å². The zero-order valence-corrected chi connectivity index (χ0v) is 15.1. The summed E-state index contributed by atoms with van der Waals surface area (Å²) in [5.74, 6) is -3.63. The van der Waals surface area contributed by atoms with E-state index in [4.69, 9.17) is 5.73 Å². The molecule has 27 heavy (non-hydrogen) atoms. The fraction of sp³-hybridized carbons (Fsp3) is 0.632. The van der Waals surface area contributed by atoms with Crippen LogP contribution in [0.15, 0.2) is 12.1 Å². The summed E-state index contributed by atoms with van der Waals surface area (Å²) in [6.07, 6.45) is 3.14. The van der Waals surface area contributed by atoms with Crippen LogP contribution in [0.4, 0.5) is 17.6 Å². The van der Waals surface area contributed by atoms with Gasteiger partial charge in [0.15, 0.2) is 17.3 Å². The van der Waals surface area contributed by atoms with E-state index in [9.17, 15) is 22.4 Å². The molecule has 2 aliphatic rings. The van der Waals surface area contributed by atoms with E-state index in [2.05, 4.69) is 10.2 Å². The topological polar surface area (TPSA) is 58.4 Å². The Kier molecular flexibility index (Phi) is 6.05. The number of amides is 1. The molecular formula is C19H25F4N3O. The smallest absolute Gasteiger partial charge is 0.257 e. The van der Waals surface area contributed by atoms with Crippen LogP contribution in [0.25, 0.3) is 0 Å². The van der Waals surface area contributed by atoms with E-state index in [1.807, 2.05) is 0 Å². The molecule has 0 bridgehead atoms. The van der Waals surface area contributed by atoms with Crippen LogP contribution in [0.3, 0.4) is 0 Å². The van der Waals surface area contributed by atoms with Crippen LogP contribution in [0.2, 0.25) is 0 Å². The number of likely N-dealkylation sites (tertiary alicyclic amines) is 1. The van der Waals surface area contributed by atoms with Gasteiger partial charge in [-0.25, -0.2) is 17.6 Å². The van der Waals surface area contributed by atoms with Gasteiger partial charge in [0, 0.05) is 24.7 Å². The van der Waals surface area contributed by atoms with Crippen molar-refractivity contribution in [3.63, 3.8) is 0 Å². The first-order valence-corrected chi connectivity index (χ1v) is 9.39. The van der Waals surface area contributed by atoms with Gasteiger partial charge in [0.1, 0.15) is 5.82 Å². The van der Waals surface area contributed by atoms with Gasteiger partial charge in [-0.05, 0) is 63.2 Å². The Hall–Kier alpha value is -1.67. The molecule has 2 atom stereocenters. The molecule has 0 spiro atoms. The maximum atomic E-state index is 13.7. The number of hydrogen-bond acceptors (Lipinski definition) is 3. The van der Waals surface area contributed by atoms with Gasteiger partial charge >= 0.3 is 0 Å². The lowest BCUT2D eigenvalue weighted by molar-refractivity contribution is -0.127. The van der Waals surface area contributed by atoms with Crippen LogP contribution in [0, 0.1) is 17.5 Å². The van der Waals surface area contributed by atoms with Crippen LogP contribution in [0.1, 0.15) is 37.7 Å². The number of nitrogens with two attached hydrogens (primary N) is 1. The minimum absolute atomic E-state index is 0.0595. The Morgan fingerprint density at radius 2 is 1.96 bits per heavy atom. The van der Waals surface area contributed by atoms with Crippen molar-refractivity contribution < 1.29 is 22.4 Å². The molecule has 0 radical (unpaired) electrons. The molecule has 1 saturated heterocycles. The molecule has 1 amide bonds. The monoisotopic (exact) mass is 387 g/mol. The third-order valence-corrected chi connectivity index (χ3v) is 5.45. The fourth-order valence-electron chi connectivity index (χ4n) is 3.56. The highest BCUT2D eigenvalue weighted by Gasteiger charge is 2.50. The lowest BCUT2D eigenvalue weighted by Crippen LogP contribution is -2.44. The number of benzene rings is 1. The van der Waals surface area contributed by atoms with Gasteiger partial charge in [0.2, 0.25) is 0 Å². The molecule has 150 valence electrons. The zero-order valence-electron chi connectivity index (χ0n) is 15.1. The summed E-state index contributed by atoms with van der Waals surface area (Å²) >= 11 is 0. The Bertz CT molecular complexity index is 696. The summed E-state index contributed by atoms with van der Waals surface area (Å²) in [4.78, 5) is 13.9. The molecule has 1 aromatic carbocycles. The number of alkyl halides is 1. The van der Waals surface area contributed by atoms with Crippen molar-refractivity contribution in [1.29, 1.82) is 0 Å². The van der Waals surface area contributed by atoms with Crippen LogP contribution in [-0.4, -0.2) is 48.2 Å². The molecule has 1 saturated carbocycles. The zero-order chi connectivity index (χ0) is 19.6. The van der Waals surface area contributed by atoms with Gasteiger partial charge < -0.3 is 11.1 Å². The maximum absolute atomic E-state index is 13.7. The van der Waals surface area contributed by atoms with Gasteiger partial charge in [0.05, 0.1) is 0 Å². The molecule has 4 nitrogen and oxygen atoms in total. The number of nitrogens with one attached hydrogen (secondary N) is 1. The molecule has 3 N–H and O–H groups in total. The van der Waals surface area contributed by atoms with E-state index in [1.165, 1.54) is 0 Å². The van der Waals surface area contributed by atoms with Gasteiger partial charge in [-0.2, -0.15) is 0 Å². The second-order valence-electron chi connectivity index (χ2n) is 7.62. The molecule has 0 aromatic heterocycles. The lowest BCUT2D eigenvalue weighted by Gasteiger charge is -2.26. The number of halogens is 4. The highest BCUT2D eigenvalue weighted by Crippen LogP contribution is 2.39. The normalized spacial score (nSPS) is 22.6. The second kappa shape index (κ2) is 8.14. The predicted molar refractivity (Wildman–Crippen MR) is 93.3 cm³/mol. The third-order valence-electron chi connectivity index (χ3n) is 5.45. The van der Waals surface area contributed by atoms with E-state index < -0.39 is 35.1 Å². The molecule has 1 aliphatic heterocycles. The summed E-state index contributed by atoms with van der Waals surface area (Å²) in [6.45, 7) is 1.90. The molecule has 1 heterocycles. The molecule has 1 unspecified atom stereocenters. The largest absolute Gasteiger partial charge is 0.352 e. The Balaban J connectivity index is 1.45. The van der Waals surface area contributed by atoms with Crippen LogP contribution < -0.4 is 11.1 Å². The number of hydrogen-bond donors (Lipinski definition) is 2. The highest BCUT2D eigenvalue weighted by molar-refractivity contribution is 5.87. The first-order valence-electron chi connectivity index (χ1n) is 9.39. The number of carbonyl (C=O) groups is 1. The van der Waals surface area contributed by atoms with E-state index >= 15 is 0 Å². The van der Waals surface area contributed by atoms with E-state index in [0.29, 0.717) is 38.4 Å². The minimum Gasteiger partial charge on any atom is -0.352 e. The molecular weight excluding hydrogens is 362 g/mol. The number of carbonyl (C=O) groups excluding carboxylic acids is 1. The average molecular weight is 387 g/mol. The summed E-state index contributed by atoms with van der Waals surface area (Å²) < 4.78 is 53.7. The number of rotatable bonds is 8. The highest BCUT2D eigenvalue weighted by atomic mass is 19.2. The Morgan fingerprint density at radius 3 is 2.67 bits per heavy atom. The summed E-state index contributed by atoms with van der Waals surface area (Å²) in [5.41, 5.74) is 4.44. The van der Waals surface area contributed by atoms with Crippen LogP contribution in [0.5, 0.6) is 0 Å². The Morgan fingerprint density at radius 1 is 1.26 bits per heavy atom. The van der Waals surface area contributed by atoms with Gasteiger partial charge in [-0.1, -0.05) is 0 Å². The van der Waals surface area contributed by atoms with Gasteiger partial charge in [0.25, 0.3) is 5.91 Å². The molecule has 1 aromatic rings. The van der Waals surface area contributed by atoms with Crippen molar-refractivity contribution in [3.05, 3.63) is 35.1 Å². The minimum atomic E-state index is -1.67. The third kappa shape index (κ3) is 4.99. The van der Waals surface area contributed by atoms with Gasteiger partial charge in [-0.3, -0.25) is 9.69 Å².